The zero-order valence-corrected chi connectivity index (χ0v) is 19.3. The number of carboxylic acid groups (broad SMARTS) is 1. The lowest BCUT2D eigenvalue weighted by Crippen LogP contribution is -2.30. The number of aromatic amines is 2. The van der Waals surface area contributed by atoms with E-state index in [2.05, 4.69) is 41.8 Å². The molecule has 0 saturated carbocycles. The molecule has 1 unspecified atom stereocenters. The molecule has 0 spiro atoms. The van der Waals surface area contributed by atoms with E-state index in [0.29, 0.717) is 34.8 Å². The van der Waals surface area contributed by atoms with Gasteiger partial charge in [0.2, 0.25) is 0 Å². The van der Waals surface area contributed by atoms with Gasteiger partial charge in [-0.15, -0.1) is 11.5 Å². The second kappa shape index (κ2) is 10.6. The second-order valence-electron chi connectivity index (χ2n) is 8.15. The number of fused-ring (bicyclic) bond motifs is 1. The molecule has 2 aromatic carbocycles. The van der Waals surface area contributed by atoms with Crippen LogP contribution < -0.4 is 15.8 Å². The number of H-pyrrole nitrogens is 2. The summed E-state index contributed by atoms with van der Waals surface area (Å²) in [6.07, 6.45) is 5.97. The maximum absolute atomic E-state index is 15.0. The van der Waals surface area contributed by atoms with Crippen LogP contribution in [0.4, 0.5) is 15.8 Å². The van der Waals surface area contributed by atoms with Crippen molar-refractivity contribution in [1.82, 2.24) is 30.6 Å². The standard InChI is InChI=1S/C24H23FN8O3/c1-3-10-33(13-15-4-6-19-17(11-15)23(34)27-14(2)26-19)16-5-7-20(18(25)12-16)28-21(24(35)36)8-9-22-29-31-32-30-22/h1,4-7,11-12,21,28H,8-10,13H2,2H3,(H,35,36)(H,26,27,34)(H,29,30,31,32). The van der Waals surface area contributed by atoms with Gasteiger partial charge in [0.15, 0.2) is 0 Å². The summed E-state index contributed by atoms with van der Waals surface area (Å²) in [7, 11) is 0. The van der Waals surface area contributed by atoms with Gasteiger partial charge in [0.25, 0.3) is 5.56 Å². The fraction of sp³-hybridized carbons (Fsp3) is 0.250. The quantitative estimate of drug-likeness (QED) is 0.245. The Hall–Kier alpha value is -4.79. The van der Waals surface area contributed by atoms with Gasteiger partial charge in [-0.05, 0) is 59.7 Å². The molecule has 2 heterocycles. The Bertz CT molecular complexity index is 1480. The molecule has 11 nitrogen and oxygen atoms in total. The van der Waals surface area contributed by atoms with Crippen LogP contribution in [0.2, 0.25) is 0 Å². The molecule has 4 rings (SSSR count). The fourth-order valence-corrected chi connectivity index (χ4v) is 3.80. The minimum atomic E-state index is -1.13. The zero-order valence-electron chi connectivity index (χ0n) is 19.3. The van der Waals surface area contributed by atoms with Crippen LogP contribution in [0, 0.1) is 25.1 Å². The van der Waals surface area contributed by atoms with Crippen molar-refractivity contribution in [1.29, 1.82) is 0 Å². The summed E-state index contributed by atoms with van der Waals surface area (Å²) in [5.74, 6) is 1.77. The summed E-state index contributed by atoms with van der Waals surface area (Å²) in [5, 5.41) is 25.9. The number of halogens is 1. The van der Waals surface area contributed by atoms with E-state index in [1.54, 1.807) is 30.0 Å². The molecular weight excluding hydrogens is 467 g/mol. The minimum absolute atomic E-state index is 0.0428. The van der Waals surface area contributed by atoms with Crippen molar-refractivity contribution >= 4 is 28.2 Å². The number of anilines is 2. The van der Waals surface area contributed by atoms with E-state index in [0.717, 1.165) is 5.56 Å². The number of benzene rings is 2. The molecular formula is C24H23FN8O3. The van der Waals surface area contributed by atoms with Crippen LogP contribution >= 0.6 is 0 Å². The van der Waals surface area contributed by atoms with Crippen LogP contribution in [0.3, 0.4) is 0 Å². The highest BCUT2D eigenvalue weighted by Gasteiger charge is 2.20. The molecule has 12 heteroatoms. The third kappa shape index (κ3) is 5.64. The number of hydrogen-bond donors (Lipinski definition) is 4. The number of rotatable bonds is 10. The lowest BCUT2D eigenvalue weighted by atomic mass is 10.1. The van der Waals surface area contributed by atoms with E-state index in [-0.39, 0.29) is 30.6 Å². The Morgan fingerprint density at radius 2 is 2.14 bits per heavy atom. The first-order chi connectivity index (χ1) is 17.3. The van der Waals surface area contributed by atoms with Crippen molar-refractivity contribution < 1.29 is 14.3 Å². The number of hydrogen-bond acceptors (Lipinski definition) is 8. The predicted molar refractivity (Wildman–Crippen MR) is 131 cm³/mol. The zero-order chi connectivity index (χ0) is 25.7. The number of aromatic nitrogens is 6. The average molecular weight is 490 g/mol. The highest BCUT2D eigenvalue weighted by Crippen LogP contribution is 2.25. The summed E-state index contributed by atoms with van der Waals surface area (Å²) in [6, 6.07) is 8.69. The Labute approximate surface area is 204 Å². The third-order valence-electron chi connectivity index (χ3n) is 5.55. The number of aryl methyl sites for hydroxylation is 2. The maximum Gasteiger partial charge on any atom is 0.326 e. The van der Waals surface area contributed by atoms with Crippen molar-refractivity contribution in [2.45, 2.75) is 32.4 Å². The average Bonchev–Trinajstić information content (AvgIpc) is 3.36. The van der Waals surface area contributed by atoms with Crippen LogP contribution in [0.5, 0.6) is 0 Å². The maximum atomic E-state index is 15.0. The SMILES string of the molecule is C#CCN(Cc1ccc2nc(C)[nH]c(=O)c2c1)c1ccc(NC(CCc2nnn[nH]2)C(=O)O)c(F)c1. The second-order valence-corrected chi connectivity index (χ2v) is 8.15. The molecule has 0 amide bonds. The van der Waals surface area contributed by atoms with Crippen LogP contribution in [0.15, 0.2) is 41.2 Å². The molecule has 1 atom stereocenters. The van der Waals surface area contributed by atoms with E-state index < -0.39 is 17.8 Å². The molecule has 0 aliphatic heterocycles. The summed E-state index contributed by atoms with van der Waals surface area (Å²) in [4.78, 5) is 32.8. The molecule has 4 N–H and O–H groups in total. The number of tetrazole rings is 1. The van der Waals surface area contributed by atoms with Crippen molar-refractivity contribution in [2.75, 3.05) is 16.8 Å². The van der Waals surface area contributed by atoms with Gasteiger partial charge in [0, 0.05) is 18.7 Å². The van der Waals surface area contributed by atoms with E-state index >= 15 is 0 Å². The summed E-state index contributed by atoms with van der Waals surface area (Å²) in [5.41, 5.74) is 1.69. The van der Waals surface area contributed by atoms with E-state index in [4.69, 9.17) is 6.42 Å². The van der Waals surface area contributed by atoms with E-state index in [1.165, 1.54) is 12.1 Å². The topological polar surface area (TPSA) is 153 Å². The Morgan fingerprint density at radius 1 is 1.31 bits per heavy atom. The van der Waals surface area contributed by atoms with Gasteiger partial charge in [-0.3, -0.25) is 4.79 Å². The molecule has 0 aliphatic carbocycles. The van der Waals surface area contributed by atoms with Crippen LogP contribution in [0.1, 0.15) is 23.6 Å². The van der Waals surface area contributed by atoms with Crippen LogP contribution in [-0.2, 0) is 17.8 Å². The Morgan fingerprint density at radius 3 is 2.83 bits per heavy atom. The van der Waals surface area contributed by atoms with Crippen molar-refractivity contribution in [3.8, 4) is 12.3 Å². The Balaban J connectivity index is 1.52. The first-order valence-corrected chi connectivity index (χ1v) is 11.0. The molecule has 0 aliphatic rings. The van der Waals surface area contributed by atoms with Crippen LogP contribution in [0.25, 0.3) is 10.9 Å². The minimum Gasteiger partial charge on any atom is -0.480 e. The summed E-state index contributed by atoms with van der Waals surface area (Å²) >= 11 is 0. The molecule has 36 heavy (non-hydrogen) atoms. The van der Waals surface area contributed by atoms with E-state index in [9.17, 15) is 19.1 Å². The smallest absolute Gasteiger partial charge is 0.326 e. The molecule has 0 radical (unpaired) electrons. The van der Waals surface area contributed by atoms with Gasteiger partial charge < -0.3 is 20.3 Å². The lowest BCUT2D eigenvalue weighted by molar-refractivity contribution is -0.138. The molecule has 2 aromatic heterocycles. The predicted octanol–water partition coefficient (Wildman–Crippen LogP) is 2.02. The number of carboxylic acids is 1. The van der Waals surface area contributed by atoms with Gasteiger partial charge in [-0.1, -0.05) is 12.0 Å². The number of aliphatic carboxylic acids is 1. The largest absolute Gasteiger partial charge is 0.480 e. The molecule has 0 fully saturated rings. The lowest BCUT2D eigenvalue weighted by Gasteiger charge is -2.24. The van der Waals surface area contributed by atoms with Crippen molar-refractivity contribution in [3.63, 3.8) is 0 Å². The van der Waals surface area contributed by atoms with Crippen molar-refractivity contribution in [2.24, 2.45) is 0 Å². The molecule has 0 saturated heterocycles. The summed E-state index contributed by atoms with van der Waals surface area (Å²) in [6.45, 7) is 2.22. The number of nitrogens with one attached hydrogen (secondary N) is 3. The van der Waals surface area contributed by atoms with E-state index in [1.807, 2.05) is 6.07 Å². The first kappa shape index (κ1) is 24.3. The van der Waals surface area contributed by atoms with Gasteiger partial charge >= 0.3 is 5.97 Å². The van der Waals surface area contributed by atoms with Gasteiger partial charge in [-0.25, -0.2) is 19.3 Å². The third-order valence-corrected chi connectivity index (χ3v) is 5.55. The number of carbonyl (C=O) groups is 1. The van der Waals surface area contributed by atoms with Crippen molar-refractivity contribution in [3.05, 3.63) is 69.8 Å². The van der Waals surface area contributed by atoms with Gasteiger partial charge in [0.05, 0.1) is 23.1 Å². The monoisotopic (exact) mass is 490 g/mol. The van der Waals surface area contributed by atoms with Gasteiger partial charge in [-0.2, -0.15) is 0 Å². The first-order valence-electron chi connectivity index (χ1n) is 11.0. The fourth-order valence-electron chi connectivity index (χ4n) is 3.80. The highest BCUT2D eigenvalue weighted by molar-refractivity contribution is 5.79. The Kier molecular flexibility index (Phi) is 7.20. The molecule has 184 valence electrons. The normalized spacial score (nSPS) is 11.7. The molecule has 0 bridgehead atoms. The van der Waals surface area contributed by atoms with Gasteiger partial charge in [0.1, 0.15) is 23.5 Å². The summed E-state index contributed by atoms with van der Waals surface area (Å²) < 4.78 is 15.0. The van der Waals surface area contributed by atoms with Crippen LogP contribution in [-0.4, -0.2) is 54.3 Å². The highest BCUT2D eigenvalue weighted by atomic mass is 19.1. The number of nitrogens with zero attached hydrogens (tertiary/aromatic N) is 5. The number of terminal acetylenes is 1. The molecule has 4 aromatic rings.